The summed E-state index contributed by atoms with van der Waals surface area (Å²) in [7, 11) is 0. The molecule has 84 valence electrons. The number of carbonyl (C=O) groups is 1. The van der Waals surface area contributed by atoms with Crippen molar-refractivity contribution in [1.82, 2.24) is 5.32 Å². The number of carbonyl (C=O) groups excluding carboxylic acids is 1. The van der Waals surface area contributed by atoms with Crippen LogP contribution >= 0.6 is 11.6 Å². The molecule has 0 fully saturated rings. The van der Waals surface area contributed by atoms with Crippen LogP contribution in [0.3, 0.4) is 0 Å². The van der Waals surface area contributed by atoms with Gasteiger partial charge >= 0.3 is 0 Å². The Kier molecular flexibility index (Phi) is 4.64. The molecule has 5 nitrogen and oxygen atoms in total. The Hall–Kier alpha value is -1.71. The first-order valence-electron chi connectivity index (χ1n) is 4.71. The van der Waals surface area contributed by atoms with Gasteiger partial charge in [0.05, 0.1) is 10.6 Å². The van der Waals surface area contributed by atoms with Crippen LogP contribution in [0.2, 0.25) is 5.02 Å². The van der Waals surface area contributed by atoms with Crippen molar-refractivity contribution in [2.45, 2.75) is 6.92 Å². The fourth-order valence-corrected chi connectivity index (χ4v) is 1.39. The molecule has 0 aromatic heterocycles. The molecule has 0 aliphatic rings. The molecular weight excluding hydrogens is 228 g/mol. The molecule has 0 bridgehead atoms. The lowest BCUT2D eigenvalue weighted by atomic mass is 10.1. The number of nitrogens with one attached hydrogen (secondary N) is 1. The fourth-order valence-electron chi connectivity index (χ4n) is 1.18. The number of amides is 1. The van der Waals surface area contributed by atoms with Gasteiger partial charge in [-0.05, 0) is 24.1 Å². The molecule has 1 aromatic rings. The zero-order valence-electron chi connectivity index (χ0n) is 8.77. The molecule has 0 aliphatic heterocycles. The number of benzene rings is 1. The third kappa shape index (κ3) is 3.15. The van der Waals surface area contributed by atoms with Gasteiger partial charge in [-0.15, -0.1) is 0 Å². The highest BCUT2D eigenvalue weighted by Crippen LogP contribution is 2.19. The lowest BCUT2D eigenvalue weighted by Gasteiger charge is -2.06. The Morgan fingerprint density at radius 3 is 3.06 bits per heavy atom. The molecule has 0 atom stereocenters. The first-order valence-corrected chi connectivity index (χ1v) is 5.08. The molecule has 0 saturated carbocycles. The van der Waals surface area contributed by atoms with Crippen LogP contribution in [0.1, 0.15) is 15.9 Å². The number of aryl methyl sites for hydroxylation is 1. The lowest BCUT2D eigenvalue weighted by molar-refractivity contribution is 0.0955. The first-order chi connectivity index (χ1) is 7.66. The summed E-state index contributed by atoms with van der Waals surface area (Å²) < 4.78 is 0. The van der Waals surface area contributed by atoms with Crippen molar-refractivity contribution in [1.29, 1.82) is 0 Å². The van der Waals surface area contributed by atoms with Crippen LogP contribution in [0.5, 0.6) is 0 Å². The van der Waals surface area contributed by atoms with E-state index in [1.54, 1.807) is 12.1 Å². The second-order valence-electron chi connectivity index (χ2n) is 3.15. The van der Waals surface area contributed by atoms with Gasteiger partial charge in [0.15, 0.2) is 0 Å². The highest BCUT2D eigenvalue weighted by molar-refractivity contribution is 6.34. The second kappa shape index (κ2) is 6.00. The van der Waals surface area contributed by atoms with Crippen LogP contribution in [0.15, 0.2) is 23.3 Å². The Balaban J connectivity index is 2.66. The van der Waals surface area contributed by atoms with Crippen LogP contribution in [0.4, 0.5) is 0 Å². The topological polar surface area (TPSA) is 77.9 Å². The van der Waals surface area contributed by atoms with Crippen LogP contribution in [0.25, 0.3) is 10.4 Å². The standard InChI is InChI=1S/C10H11ClN4O/c1-7-3-2-4-8(9(7)11)10(16)13-5-6-14-15-12/h2-4H,5-6H2,1H3,(H,13,16). The number of nitrogens with zero attached hydrogens (tertiary/aromatic N) is 3. The van der Waals surface area contributed by atoms with Gasteiger partial charge in [0.2, 0.25) is 0 Å². The predicted octanol–water partition coefficient (Wildman–Crippen LogP) is 2.69. The third-order valence-corrected chi connectivity index (χ3v) is 2.50. The molecule has 0 radical (unpaired) electrons. The zero-order chi connectivity index (χ0) is 12.0. The fraction of sp³-hybridized carbons (Fsp3) is 0.300. The van der Waals surface area contributed by atoms with E-state index in [-0.39, 0.29) is 12.5 Å². The van der Waals surface area contributed by atoms with Crippen LogP contribution in [0, 0.1) is 6.92 Å². The summed E-state index contributed by atoms with van der Waals surface area (Å²) in [5.41, 5.74) is 9.34. The Bertz CT molecular complexity index is 440. The van der Waals surface area contributed by atoms with E-state index in [2.05, 4.69) is 15.3 Å². The normalized spacial score (nSPS) is 9.38. The summed E-state index contributed by atoms with van der Waals surface area (Å²) in [6.45, 7) is 2.36. The molecule has 0 aliphatic carbocycles. The summed E-state index contributed by atoms with van der Waals surface area (Å²) >= 11 is 5.99. The van der Waals surface area contributed by atoms with Gasteiger partial charge in [-0.3, -0.25) is 4.79 Å². The molecule has 0 saturated heterocycles. The van der Waals surface area contributed by atoms with E-state index in [1.807, 2.05) is 13.0 Å². The summed E-state index contributed by atoms with van der Waals surface area (Å²) in [5.74, 6) is -0.262. The molecule has 1 N–H and O–H groups in total. The predicted molar refractivity (Wildman–Crippen MR) is 62.5 cm³/mol. The van der Waals surface area contributed by atoms with E-state index in [0.29, 0.717) is 17.1 Å². The van der Waals surface area contributed by atoms with Gasteiger partial charge in [0.25, 0.3) is 5.91 Å². The summed E-state index contributed by atoms with van der Waals surface area (Å²) in [6.07, 6.45) is 0. The molecule has 1 aromatic carbocycles. The van der Waals surface area contributed by atoms with Crippen molar-refractivity contribution in [3.63, 3.8) is 0 Å². The second-order valence-corrected chi connectivity index (χ2v) is 3.52. The van der Waals surface area contributed by atoms with E-state index in [4.69, 9.17) is 17.1 Å². The smallest absolute Gasteiger partial charge is 0.252 e. The van der Waals surface area contributed by atoms with Crippen molar-refractivity contribution in [2.75, 3.05) is 13.1 Å². The van der Waals surface area contributed by atoms with Gasteiger partial charge in [-0.2, -0.15) is 0 Å². The van der Waals surface area contributed by atoms with Crippen molar-refractivity contribution in [3.05, 3.63) is 44.8 Å². The highest BCUT2D eigenvalue weighted by atomic mass is 35.5. The average molecular weight is 239 g/mol. The maximum absolute atomic E-state index is 11.7. The van der Waals surface area contributed by atoms with Crippen LogP contribution in [-0.2, 0) is 0 Å². The van der Waals surface area contributed by atoms with Crippen LogP contribution < -0.4 is 5.32 Å². The van der Waals surface area contributed by atoms with Crippen molar-refractivity contribution >= 4 is 17.5 Å². The van der Waals surface area contributed by atoms with Gasteiger partial charge < -0.3 is 5.32 Å². The van der Waals surface area contributed by atoms with Crippen LogP contribution in [-0.4, -0.2) is 19.0 Å². The quantitative estimate of drug-likeness (QED) is 0.372. The summed E-state index contributed by atoms with van der Waals surface area (Å²) in [5, 5.41) is 6.37. The van der Waals surface area contributed by atoms with Gasteiger partial charge in [-0.25, -0.2) is 0 Å². The zero-order valence-corrected chi connectivity index (χ0v) is 9.53. The molecule has 1 amide bonds. The highest BCUT2D eigenvalue weighted by Gasteiger charge is 2.10. The van der Waals surface area contributed by atoms with E-state index in [9.17, 15) is 4.79 Å². The summed E-state index contributed by atoms with van der Waals surface area (Å²) in [4.78, 5) is 14.2. The number of hydrogen-bond donors (Lipinski definition) is 1. The molecule has 0 unspecified atom stereocenters. The van der Waals surface area contributed by atoms with E-state index < -0.39 is 0 Å². The molecule has 0 heterocycles. The Morgan fingerprint density at radius 2 is 2.38 bits per heavy atom. The van der Waals surface area contributed by atoms with E-state index in [0.717, 1.165) is 5.56 Å². The largest absolute Gasteiger partial charge is 0.352 e. The van der Waals surface area contributed by atoms with E-state index >= 15 is 0 Å². The first kappa shape index (κ1) is 12.4. The van der Waals surface area contributed by atoms with E-state index in [1.165, 1.54) is 0 Å². The van der Waals surface area contributed by atoms with Gasteiger partial charge in [0, 0.05) is 18.0 Å². The Labute approximate surface area is 98.0 Å². The third-order valence-electron chi connectivity index (χ3n) is 2.00. The molecular formula is C10H11ClN4O. The van der Waals surface area contributed by atoms with Crippen molar-refractivity contribution in [3.8, 4) is 0 Å². The maximum atomic E-state index is 11.7. The minimum atomic E-state index is -0.262. The minimum Gasteiger partial charge on any atom is -0.352 e. The summed E-state index contributed by atoms with van der Waals surface area (Å²) in [6, 6.07) is 5.25. The van der Waals surface area contributed by atoms with Gasteiger partial charge in [-0.1, -0.05) is 28.8 Å². The van der Waals surface area contributed by atoms with Crippen molar-refractivity contribution < 1.29 is 4.79 Å². The molecule has 1 rings (SSSR count). The minimum absolute atomic E-state index is 0.228. The van der Waals surface area contributed by atoms with Gasteiger partial charge in [0.1, 0.15) is 0 Å². The number of hydrogen-bond acceptors (Lipinski definition) is 2. The monoisotopic (exact) mass is 238 g/mol. The molecule has 0 spiro atoms. The number of azide groups is 1. The Morgan fingerprint density at radius 1 is 1.62 bits per heavy atom. The number of halogens is 1. The average Bonchev–Trinajstić information content (AvgIpc) is 2.28. The van der Waals surface area contributed by atoms with Crippen molar-refractivity contribution in [2.24, 2.45) is 5.11 Å². The molecule has 6 heteroatoms. The maximum Gasteiger partial charge on any atom is 0.252 e. The SMILES string of the molecule is Cc1cccc(C(=O)NCCN=[N+]=[N-])c1Cl. The lowest BCUT2D eigenvalue weighted by Crippen LogP contribution is -2.26. The number of rotatable bonds is 4. The molecule has 16 heavy (non-hydrogen) atoms.